The van der Waals surface area contributed by atoms with Gasteiger partial charge in [-0.1, -0.05) is 83.1 Å². The van der Waals surface area contributed by atoms with Gasteiger partial charge in [-0.25, -0.2) is 0 Å². The summed E-state index contributed by atoms with van der Waals surface area (Å²) in [4.78, 5) is 24.9. The van der Waals surface area contributed by atoms with E-state index in [-0.39, 0.29) is 47.6 Å². The Morgan fingerprint density at radius 2 is 0.957 bits per heavy atom. The standard InChI is InChI=1S/C26H59O12Si8/c1-14-39-30-44(18-24(8)9)34-41-29-40(15-21(2)3)32-46(20-26(12)13,35-42(27,33-41)16-22(4)5)38-45(31-39,19-25(10)11)37-43(28,36-44)17-23(6)7/h14,21-28H,1,15-20H2,2-13H3/t42?,43-,44+,45?,46?/m1/s1. The van der Waals surface area contributed by atoms with E-state index in [1.54, 1.807) is 5.70 Å². The average Bonchev–Trinajstić information content (AvgIpc) is 2.77. The Kier molecular flexibility index (Phi) is 14.9. The molecule has 3 unspecified atom stereocenters. The van der Waals surface area contributed by atoms with Crippen molar-refractivity contribution in [1.29, 1.82) is 0 Å². The van der Waals surface area contributed by atoms with Crippen molar-refractivity contribution in [2.75, 3.05) is 0 Å². The van der Waals surface area contributed by atoms with Crippen LogP contribution in [-0.4, -0.2) is 81.7 Å². The van der Waals surface area contributed by atoms with Crippen LogP contribution in [0.2, 0.25) is 36.3 Å². The van der Waals surface area contributed by atoms with Crippen LogP contribution in [0.1, 0.15) is 83.1 Å². The molecule has 6 rings (SSSR count). The highest BCUT2D eigenvalue weighted by atomic mass is 28.6. The van der Waals surface area contributed by atoms with E-state index in [1.165, 1.54) is 0 Å². The fraction of sp³-hybridized carbons (Fsp3) is 0.923. The number of rotatable bonds is 13. The molecule has 0 aromatic carbocycles. The fourth-order valence-electron chi connectivity index (χ4n) is 5.70. The highest BCUT2D eigenvalue weighted by Crippen LogP contribution is 2.43. The molecule has 6 aliphatic heterocycles. The topological polar surface area (TPSA) is 133 Å². The SMILES string of the molecule is C=C[Si]1O[Si]2(CC(C)C)O[Si]3(CC(C)C)O[Si](CC(C)C)O[Si](O[Si](O)(CC(C)C)O3)O[Si@](CC(C)C)(O1)O[Si@](O)(CC(C)C)O2. The van der Waals surface area contributed by atoms with Gasteiger partial charge in [0.2, 0.25) is 0 Å². The maximum absolute atomic E-state index is 12.5. The van der Waals surface area contributed by atoms with Crippen LogP contribution in [-0.2, 0) is 41.2 Å². The number of hydrogen-bond acceptors (Lipinski definition) is 12. The molecule has 267 valence electrons. The molecule has 0 spiro atoms. The molecule has 6 saturated heterocycles. The minimum absolute atomic E-state index is 0.0180. The van der Waals surface area contributed by atoms with Crippen LogP contribution in [0.15, 0.2) is 12.3 Å². The van der Waals surface area contributed by atoms with Gasteiger partial charge in [0, 0.05) is 30.2 Å². The molecule has 0 aromatic heterocycles. The Morgan fingerprint density at radius 1 is 0.522 bits per heavy atom. The molecule has 6 aliphatic rings. The molecule has 5 atom stereocenters. The van der Waals surface area contributed by atoms with E-state index in [0.717, 1.165) is 0 Å². The van der Waals surface area contributed by atoms with E-state index < -0.39 is 72.1 Å². The van der Waals surface area contributed by atoms with E-state index in [1.807, 2.05) is 55.4 Å². The van der Waals surface area contributed by atoms with Gasteiger partial charge in [0.25, 0.3) is 0 Å². The van der Waals surface area contributed by atoms with Gasteiger partial charge in [-0.05, 0) is 47.3 Å². The Morgan fingerprint density at radius 3 is 1.46 bits per heavy atom. The largest absolute Gasteiger partial charge is 0.552 e. The summed E-state index contributed by atoms with van der Waals surface area (Å²) in [6.07, 6.45) is 0. The van der Waals surface area contributed by atoms with E-state index in [0.29, 0.717) is 24.2 Å². The van der Waals surface area contributed by atoms with E-state index in [4.69, 9.17) is 41.2 Å². The summed E-state index contributed by atoms with van der Waals surface area (Å²) in [5, 5.41) is 0. The first-order valence-electron chi connectivity index (χ1n) is 16.7. The second kappa shape index (κ2) is 16.6. The first-order chi connectivity index (χ1) is 21.1. The van der Waals surface area contributed by atoms with Crippen molar-refractivity contribution >= 4 is 72.1 Å². The maximum atomic E-state index is 12.5. The number of hydrogen-bond donors (Lipinski definition) is 2. The van der Waals surface area contributed by atoms with Gasteiger partial charge >= 0.3 is 72.1 Å². The molecule has 3 radical (unpaired) electrons. The third kappa shape index (κ3) is 12.1. The lowest BCUT2D eigenvalue weighted by Crippen LogP contribution is -2.75. The zero-order chi connectivity index (χ0) is 34.7. The molecule has 46 heavy (non-hydrogen) atoms. The quantitative estimate of drug-likeness (QED) is 0.229. The third-order valence-corrected chi connectivity index (χ3v) is 36.6. The Hall–Kier alpha value is 0.995. The van der Waals surface area contributed by atoms with Crippen molar-refractivity contribution in [3.63, 3.8) is 0 Å². The summed E-state index contributed by atoms with van der Waals surface area (Å²) in [6, 6.07) is 2.11. The normalized spacial score (nSPS) is 35.8. The second-order valence-electron chi connectivity index (χ2n) is 15.2. The molecular formula is C26H59O12Si8. The highest BCUT2D eigenvalue weighted by Gasteiger charge is 2.69. The van der Waals surface area contributed by atoms with E-state index in [9.17, 15) is 9.59 Å². The van der Waals surface area contributed by atoms with Gasteiger partial charge in [-0.3, -0.25) is 0 Å². The lowest BCUT2D eigenvalue weighted by atomic mass is 10.3. The minimum atomic E-state index is -4.14. The molecule has 6 heterocycles. The second-order valence-corrected chi connectivity index (χ2v) is 35.1. The van der Waals surface area contributed by atoms with Gasteiger partial charge in [-0.15, -0.1) is 6.58 Å². The van der Waals surface area contributed by atoms with Crippen LogP contribution in [0.25, 0.3) is 0 Å². The van der Waals surface area contributed by atoms with Crippen LogP contribution in [0, 0.1) is 35.5 Å². The predicted molar refractivity (Wildman–Crippen MR) is 189 cm³/mol. The van der Waals surface area contributed by atoms with Crippen molar-refractivity contribution in [2.45, 2.75) is 119 Å². The Bertz CT molecular complexity index is 1000. The van der Waals surface area contributed by atoms with Crippen LogP contribution in [0.3, 0.4) is 0 Å². The summed E-state index contributed by atoms with van der Waals surface area (Å²) < 4.78 is 69.0. The lowest BCUT2D eigenvalue weighted by Gasteiger charge is -2.51. The minimum Gasteiger partial charge on any atom is -0.393 e. The van der Waals surface area contributed by atoms with Crippen molar-refractivity contribution in [3.05, 3.63) is 12.3 Å². The van der Waals surface area contributed by atoms with Gasteiger partial charge in [-0.2, -0.15) is 0 Å². The molecule has 20 heteroatoms. The third-order valence-electron chi connectivity index (χ3n) is 6.77. The first kappa shape index (κ1) is 41.4. The van der Waals surface area contributed by atoms with Crippen LogP contribution >= 0.6 is 0 Å². The monoisotopic (exact) mass is 787 g/mol. The van der Waals surface area contributed by atoms with Crippen LogP contribution < -0.4 is 0 Å². The van der Waals surface area contributed by atoms with Crippen LogP contribution in [0.5, 0.6) is 0 Å². The molecular weight excluding hydrogens is 729 g/mol. The Labute approximate surface area is 288 Å². The zero-order valence-electron chi connectivity index (χ0n) is 30.0. The van der Waals surface area contributed by atoms with E-state index >= 15 is 0 Å². The Balaban J connectivity index is 2.43. The fourth-order valence-corrected chi connectivity index (χ4v) is 40.1. The van der Waals surface area contributed by atoms with Crippen LogP contribution in [0.4, 0.5) is 0 Å². The van der Waals surface area contributed by atoms with Crippen molar-refractivity contribution in [2.24, 2.45) is 35.5 Å². The van der Waals surface area contributed by atoms with Crippen molar-refractivity contribution in [3.8, 4) is 0 Å². The summed E-state index contributed by atoms with van der Waals surface area (Å²) >= 11 is 0. The maximum Gasteiger partial charge on any atom is 0.552 e. The molecule has 0 aromatic rings. The smallest absolute Gasteiger partial charge is 0.393 e. The molecule has 6 fully saturated rings. The first-order valence-corrected chi connectivity index (χ1v) is 30.6. The molecule has 12 nitrogen and oxygen atoms in total. The highest BCUT2D eigenvalue weighted by molar-refractivity contribution is 6.93. The van der Waals surface area contributed by atoms with Gasteiger partial charge in [0.05, 0.1) is 0 Å². The van der Waals surface area contributed by atoms with Crippen molar-refractivity contribution < 1.29 is 50.7 Å². The zero-order valence-corrected chi connectivity index (χ0v) is 38.0. The molecule has 0 saturated carbocycles. The summed E-state index contributed by atoms with van der Waals surface area (Å²) in [5.74, 6) is 0.397. The summed E-state index contributed by atoms with van der Waals surface area (Å²) in [6.45, 7) is 28.6. The molecule has 4 bridgehead atoms. The molecule has 0 amide bonds. The predicted octanol–water partition coefficient (Wildman–Crippen LogP) is 5.49. The molecule has 2 N–H and O–H groups in total. The lowest BCUT2D eigenvalue weighted by molar-refractivity contribution is 0.0516. The summed E-state index contributed by atoms with van der Waals surface area (Å²) in [7, 11) is -27.4. The van der Waals surface area contributed by atoms with Gasteiger partial charge in [0.15, 0.2) is 0 Å². The average molecular weight is 788 g/mol. The van der Waals surface area contributed by atoms with E-state index in [2.05, 4.69) is 34.3 Å². The van der Waals surface area contributed by atoms with Crippen molar-refractivity contribution in [1.82, 2.24) is 0 Å². The molecule has 0 aliphatic carbocycles. The summed E-state index contributed by atoms with van der Waals surface area (Å²) in [5.41, 5.74) is 1.64. The van der Waals surface area contributed by atoms with Gasteiger partial charge in [0.1, 0.15) is 0 Å². The van der Waals surface area contributed by atoms with Gasteiger partial charge < -0.3 is 50.7 Å².